The number of hydrogen-bond acceptors (Lipinski definition) is 5. The van der Waals surface area contributed by atoms with Gasteiger partial charge in [-0.25, -0.2) is 4.79 Å². The molecule has 0 aliphatic carbocycles. The van der Waals surface area contributed by atoms with E-state index in [2.05, 4.69) is 5.32 Å². The molecule has 0 atom stereocenters. The van der Waals surface area contributed by atoms with Crippen LogP contribution in [0.4, 0.5) is 5.69 Å². The molecule has 2 rings (SSSR count). The lowest BCUT2D eigenvalue weighted by Crippen LogP contribution is -2.23. The zero-order valence-corrected chi connectivity index (χ0v) is 13.7. The first-order chi connectivity index (χ1) is 11.6. The maximum Gasteiger partial charge on any atom is 0.344 e. The second-order valence-corrected chi connectivity index (χ2v) is 5.04. The van der Waals surface area contributed by atoms with E-state index in [-0.39, 0.29) is 6.61 Å². The van der Waals surface area contributed by atoms with Crippen molar-refractivity contribution in [3.63, 3.8) is 0 Å². The van der Waals surface area contributed by atoms with E-state index in [1.54, 1.807) is 48.5 Å². The Morgan fingerprint density at radius 1 is 1.00 bits per heavy atom. The Morgan fingerprint density at radius 3 is 2.38 bits per heavy atom. The van der Waals surface area contributed by atoms with Crippen molar-refractivity contribution in [2.24, 2.45) is 0 Å². The number of methoxy groups -OCH3 is 1. The molecule has 6 nitrogen and oxygen atoms in total. The van der Waals surface area contributed by atoms with Gasteiger partial charge in [-0.15, -0.1) is 0 Å². The fraction of sp³-hybridized carbons (Fsp3) is 0.176. The normalized spacial score (nSPS) is 9.92. The summed E-state index contributed by atoms with van der Waals surface area (Å²) in [6, 6.07) is 13.7. The number of amides is 1. The first-order valence-corrected chi connectivity index (χ1v) is 7.43. The number of carbonyl (C=O) groups is 2. The number of para-hydroxylation sites is 3. The second kappa shape index (κ2) is 8.79. The second-order valence-electron chi connectivity index (χ2n) is 4.63. The average Bonchev–Trinajstić information content (AvgIpc) is 2.59. The van der Waals surface area contributed by atoms with Crippen LogP contribution in [0, 0.1) is 0 Å². The Bertz CT molecular complexity index is 720. The number of carbonyl (C=O) groups excluding carboxylic acids is 2. The van der Waals surface area contributed by atoms with Crippen molar-refractivity contribution in [2.75, 3.05) is 25.6 Å². The summed E-state index contributed by atoms with van der Waals surface area (Å²) < 4.78 is 15.2. The van der Waals surface area contributed by atoms with Gasteiger partial charge in [0.25, 0.3) is 5.91 Å². The molecule has 0 radical (unpaired) electrons. The van der Waals surface area contributed by atoms with Crippen molar-refractivity contribution < 1.29 is 23.8 Å². The smallest absolute Gasteiger partial charge is 0.344 e. The molecule has 126 valence electrons. The van der Waals surface area contributed by atoms with Gasteiger partial charge in [0.1, 0.15) is 11.5 Å². The van der Waals surface area contributed by atoms with E-state index in [1.165, 1.54) is 7.11 Å². The highest BCUT2D eigenvalue weighted by atomic mass is 35.5. The van der Waals surface area contributed by atoms with Crippen LogP contribution < -0.4 is 14.8 Å². The lowest BCUT2D eigenvalue weighted by molar-refractivity contribution is -0.149. The minimum absolute atomic E-state index is 0.342. The van der Waals surface area contributed by atoms with Crippen LogP contribution in [0.1, 0.15) is 0 Å². The summed E-state index contributed by atoms with van der Waals surface area (Å²) in [6.45, 7) is -0.769. The zero-order chi connectivity index (χ0) is 17.4. The molecule has 0 saturated carbocycles. The van der Waals surface area contributed by atoms with Crippen LogP contribution in [-0.2, 0) is 14.3 Å². The monoisotopic (exact) mass is 349 g/mol. The summed E-state index contributed by atoms with van der Waals surface area (Å²) in [5.41, 5.74) is 0.494. The Morgan fingerprint density at radius 2 is 1.67 bits per heavy atom. The fourth-order valence-corrected chi connectivity index (χ4v) is 2.01. The van der Waals surface area contributed by atoms with E-state index in [0.29, 0.717) is 22.2 Å². The molecule has 7 heteroatoms. The molecule has 0 bridgehead atoms. The summed E-state index contributed by atoms with van der Waals surface area (Å²) >= 11 is 5.90. The SMILES string of the molecule is COc1ccccc1NC(=O)COC(=O)COc1ccccc1Cl. The largest absolute Gasteiger partial charge is 0.495 e. The van der Waals surface area contributed by atoms with Gasteiger partial charge in [-0.05, 0) is 24.3 Å². The number of rotatable bonds is 7. The molecule has 0 aliphatic heterocycles. The van der Waals surface area contributed by atoms with Crippen LogP contribution in [0.15, 0.2) is 48.5 Å². The molecule has 0 saturated heterocycles. The fourth-order valence-electron chi connectivity index (χ4n) is 1.82. The van der Waals surface area contributed by atoms with Crippen LogP contribution in [-0.4, -0.2) is 32.2 Å². The molecule has 0 aromatic heterocycles. The highest BCUT2D eigenvalue weighted by Gasteiger charge is 2.11. The van der Waals surface area contributed by atoms with Crippen LogP contribution in [0.2, 0.25) is 5.02 Å². The van der Waals surface area contributed by atoms with Gasteiger partial charge in [0.2, 0.25) is 0 Å². The number of anilines is 1. The Hall–Kier alpha value is -2.73. The Balaban J connectivity index is 1.77. The van der Waals surface area contributed by atoms with E-state index < -0.39 is 18.5 Å². The van der Waals surface area contributed by atoms with Gasteiger partial charge in [-0.1, -0.05) is 35.9 Å². The summed E-state index contributed by atoms with van der Waals surface area (Å²) in [4.78, 5) is 23.4. The molecular weight excluding hydrogens is 334 g/mol. The number of esters is 1. The molecular formula is C17H16ClNO5. The number of ether oxygens (including phenoxy) is 3. The van der Waals surface area contributed by atoms with Crippen molar-refractivity contribution in [3.05, 3.63) is 53.6 Å². The number of nitrogens with one attached hydrogen (secondary N) is 1. The number of benzene rings is 2. The predicted octanol–water partition coefficient (Wildman–Crippen LogP) is 2.91. The average molecular weight is 350 g/mol. The van der Waals surface area contributed by atoms with Crippen LogP contribution in [0.3, 0.4) is 0 Å². The summed E-state index contributed by atoms with van der Waals surface area (Å²) in [5, 5.41) is 2.98. The predicted molar refractivity (Wildman–Crippen MR) is 89.5 cm³/mol. The van der Waals surface area contributed by atoms with E-state index in [1.807, 2.05) is 0 Å². The van der Waals surface area contributed by atoms with Crippen molar-refractivity contribution >= 4 is 29.2 Å². The molecule has 1 N–H and O–H groups in total. The maximum atomic E-state index is 11.8. The van der Waals surface area contributed by atoms with Crippen molar-refractivity contribution in [1.29, 1.82) is 0 Å². The lowest BCUT2D eigenvalue weighted by Gasteiger charge is -2.10. The lowest BCUT2D eigenvalue weighted by atomic mass is 10.3. The van der Waals surface area contributed by atoms with Crippen molar-refractivity contribution in [1.82, 2.24) is 0 Å². The van der Waals surface area contributed by atoms with Gasteiger partial charge in [0.15, 0.2) is 13.2 Å². The molecule has 2 aromatic carbocycles. The Kier molecular flexibility index (Phi) is 6.45. The molecule has 2 aromatic rings. The van der Waals surface area contributed by atoms with Gasteiger partial charge in [0, 0.05) is 0 Å². The molecule has 0 fully saturated rings. The number of hydrogen-bond donors (Lipinski definition) is 1. The van der Waals surface area contributed by atoms with Gasteiger partial charge in [-0.2, -0.15) is 0 Å². The minimum Gasteiger partial charge on any atom is -0.495 e. The van der Waals surface area contributed by atoms with E-state index in [0.717, 1.165) is 0 Å². The van der Waals surface area contributed by atoms with Gasteiger partial charge in [-0.3, -0.25) is 4.79 Å². The van der Waals surface area contributed by atoms with Crippen LogP contribution in [0.25, 0.3) is 0 Å². The third-order valence-corrected chi connectivity index (χ3v) is 3.24. The third kappa shape index (κ3) is 5.17. The van der Waals surface area contributed by atoms with Crippen LogP contribution >= 0.6 is 11.6 Å². The molecule has 24 heavy (non-hydrogen) atoms. The first kappa shape index (κ1) is 17.6. The quantitative estimate of drug-likeness (QED) is 0.778. The van der Waals surface area contributed by atoms with E-state index >= 15 is 0 Å². The molecule has 0 aliphatic rings. The van der Waals surface area contributed by atoms with E-state index in [4.69, 9.17) is 25.8 Å². The minimum atomic E-state index is -0.676. The standard InChI is InChI=1S/C17H16ClNO5/c1-22-15-9-5-3-7-13(15)19-16(20)10-24-17(21)11-23-14-8-4-2-6-12(14)18/h2-9H,10-11H2,1H3,(H,19,20). The van der Waals surface area contributed by atoms with E-state index in [9.17, 15) is 9.59 Å². The third-order valence-electron chi connectivity index (χ3n) is 2.93. The highest BCUT2D eigenvalue weighted by molar-refractivity contribution is 6.32. The number of halogens is 1. The summed E-state index contributed by atoms with van der Waals surface area (Å²) in [7, 11) is 1.50. The van der Waals surface area contributed by atoms with Gasteiger partial charge in [0.05, 0.1) is 17.8 Å². The summed E-state index contributed by atoms with van der Waals surface area (Å²) in [6.07, 6.45) is 0. The Labute approximate surface area is 144 Å². The summed E-state index contributed by atoms with van der Waals surface area (Å²) in [5.74, 6) is -0.274. The molecule has 1 amide bonds. The molecule has 0 unspecified atom stereocenters. The van der Waals surface area contributed by atoms with Crippen molar-refractivity contribution in [2.45, 2.75) is 0 Å². The molecule has 0 heterocycles. The van der Waals surface area contributed by atoms with Gasteiger partial charge >= 0.3 is 5.97 Å². The maximum absolute atomic E-state index is 11.8. The topological polar surface area (TPSA) is 73.9 Å². The zero-order valence-electron chi connectivity index (χ0n) is 13.0. The first-order valence-electron chi connectivity index (χ1n) is 7.06. The van der Waals surface area contributed by atoms with Gasteiger partial charge < -0.3 is 19.5 Å². The van der Waals surface area contributed by atoms with Crippen molar-refractivity contribution in [3.8, 4) is 11.5 Å². The highest BCUT2D eigenvalue weighted by Crippen LogP contribution is 2.23. The van der Waals surface area contributed by atoms with Crippen LogP contribution in [0.5, 0.6) is 11.5 Å². The molecule has 0 spiro atoms.